The molecule has 0 spiro atoms. The molecule has 0 amide bonds. The van der Waals surface area contributed by atoms with Gasteiger partial charge in [0.25, 0.3) is 0 Å². The molecule has 1 rings (SSSR count). The van der Waals surface area contributed by atoms with Crippen LogP contribution >= 0.6 is 0 Å². The highest BCUT2D eigenvalue weighted by Gasteiger charge is 2.31. The van der Waals surface area contributed by atoms with Crippen molar-refractivity contribution in [2.75, 3.05) is 0 Å². The Morgan fingerprint density at radius 1 is 1.71 bits per heavy atom. The molecule has 14 heavy (non-hydrogen) atoms. The molecule has 1 aliphatic carbocycles. The average Bonchev–Trinajstić information content (AvgIpc) is 2.08. The van der Waals surface area contributed by atoms with Crippen LogP contribution in [0.15, 0.2) is 23.8 Å². The molecule has 0 bridgehead atoms. The SMILES string of the molecule is C=C(C)C1CC(=O)C(C)=CC1C(C)O. The van der Waals surface area contributed by atoms with Gasteiger partial charge in [-0.2, -0.15) is 0 Å². The van der Waals surface area contributed by atoms with E-state index in [1.54, 1.807) is 6.92 Å². The first kappa shape index (κ1) is 11.2. The van der Waals surface area contributed by atoms with Gasteiger partial charge in [-0.1, -0.05) is 18.2 Å². The average molecular weight is 194 g/mol. The Morgan fingerprint density at radius 2 is 2.29 bits per heavy atom. The minimum absolute atomic E-state index is 0.0465. The Morgan fingerprint density at radius 3 is 2.71 bits per heavy atom. The lowest BCUT2D eigenvalue weighted by Crippen LogP contribution is -2.31. The minimum Gasteiger partial charge on any atom is -0.393 e. The van der Waals surface area contributed by atoms with Gasteiger partial charge in [0.2, 0.25) is 0 Å². The maximum atomic E-state index is 11.5. The molecule has 0 radical (unpaired) electrons. The van der Waals surface area contributed by atoms with Crippen LogP contribution in [0.1, 0.15) is 27.2 Å². The molecule has 0 saturated heterocycles. The fraction of sp³-hybridized carbons (Fsp3) is 0.583. The van der Waals surface area contributed by atoms with Gasteiger partial charge in [-0.25, -0.2) is 0 Å². The van der Waals surface area contributed by atoms with Crippen molar-refractivity contribution in [1.82, 2.24) is 0 Å². The second kappa shape index (κ2) is 4.09. The second-order valence-corrected chi connectivity index (χ2v) is 4.25. The molecule has 0 saturated carbocycles. The Labute approximate surface area is 85.3 Å². The molecule has 0 heterocycles. The van der Waals surface area contributed by atoms with Gasteiger partial charge in [-0.15, -0.1) is 0 Å². The number of carbonyl (C=O) groups excluding carboxylic acids is 1. The Bertz CT molecular complexity index is 287. The summed E-state index contributed by atoms with van der Waals surface area (Å²) in [6, 6.07) is 0. The van der Waals surface area contributed by atoms with Crippen LogP contribution in [0.2, 0.25) is 0 Å². The van der Waals surface area contributed by atoms with Crippen molar-refractivity contribution in [1.29, 1.82) is 0 Å². The zero-order valence-electron chi connectivity index (χ0n) is 9.08. The summed E-state index contributed by atoms with van der Waals surface area (Å²) in [7, 11) is 0. The van der Waals surface area contributed by atoms with Crippen LogP contribution in [0.25, 0.3) is 0 Å². The fourth-order valence-electron chi connectivity index (χ4n) is 1.97. The first-order chi connectivity index (χ1) is 6.43. The van der Waals surface area contributed by atoms with Crippen molar-refractivity contribution in [3.05, 3.63) is 23.8 Å². The summed E-state index contributed by atoms with van der Waals surface area (Å²) < 4.78 is 0. The van der Waals surface area contributed by atoms with Gasteiger partial charge in [0, 0.05) is 12.3 Å². The first-order valence-electron chi connectivity index (χ1n) is 4.98. The number of aliphatic hydroxyl groups excluding tert-OH is 1. The summed E-state index contributed by atoms with van der Waals surface area (Å²) in [5.41, 5.74) is 1.75. The van der Waals surface area contributed by atoms with E-state index in [2.05, 4.69) is 6.58 Å². The van der Waals surface area contributed by atoms with Crippen molar-refractivity contribution in [2.24, 2.45) is 11.8 Å². The van der Waals surface area contributed by atoms with Gasteiger partial charge in [0.1, 0.15) is 0 Å². The number of allylic oxidation sites excluding steroid dienone is 2. The van der Waals surface area contributed by atoms with Gasteiger partial charge in [0.15, 0.2) is 5.78 Å². The molecule has 1 N–H and O–H groups in total. The Hall–Kier alpha value is -0.890. The summed E-state index contributed by atoms with van der Waals surface area (Å²) in [5, 5.41) is 9.60. The largest absolute Gasteiger partial charge is 0.393 e. The van der Waals surface area contributed by atoms with E-state index >= 15 is 0 Å². The predicted molar refractivity (Wildman–Crippen MR) is 56.9 cm³/mol. The van der Waals surface area contributed by atoms with E-state index in [1.807, 2.05) is 19.9 Å². The third-order valence-electron chi connectivity index (χ3n) is 2.94. The fourth-order valence-corrected chi connectivity index (χ4v) is 1.97. The number of rotatable bonds is 2. The summed E-state index contributed by atoms with van der Waals surface area (Å²) in [4.78, 5) is 11.5. The van der Waals surface area contributed by atoms with Crippen LogP contribution in [0.5, 0.6) is 0 Å². The van der Waals surface area contributed by atoms with Crippen molar-refractivity contribution in [2.45, 2.75) is 33.3 Å². The van der Waals surface area contributed by atoms with Gasteiger partial charge < -0.3 is 5.11 Å². The topological polar surface area (TPSA) is 37.3 Å². The van der Waals surface area contributed by atoms with E-state index in [4.69, 9.17) is 0 Å². The molecule has 0 fully saturated rings. The second-order valence-electron chi connectivity index (χ2n) is 4.25. The molecule has 3 unspecified atom stereocenters. The smallest absolute Gasteiger partial charge is 0.158 e. The van der Waals surface area contributed by atoms with Crippen LogP contribution < -0.4 is 0 Å². The zero-order chi connectivity index (χ0) is 10.9. The molecule has 78 valence electrons. The van der Waals surface area contributed by atoms with Gasteiger partial charge in [0.05, 0.1) is 6.10 Å². The van der Waals surface area contributed by atoms with Crippen molar-refractivity contribution in [3.8, 4) is 0 Å². The van der Waals surface area contributed by atoms with Crippen LogP contribution in [0.4, 0.5) is 0 Å². The van der Waals surface area contributed by atoms with E-state index in [9.17, 15) is 9.90 Å². The molecular formula is C12H18O2. The summed E-state index contributed by atoms with van der Waals surface area (Å²) in [6.07, 6.45) is 1.96. The summed E-state index contributed by atoms with van der Waals surface area (Å²) in [6.45, 7) is 9.37. The lowest BCUT2D eigenvalue weighted by atomic mass is 9.75. The molecule has 0 aromatic carbocycles. The molecule has 2 heteroatoms. The third-order valence-corrected chi connectivity index (χ3v) is 2.94. The Kier molecular flexibility index (Phi) is 3.27. The normalized spacial score (nSPS) is 29.7. The van der Waals surface area contributed by atoms with Crippen LogP contribution in [0.3, 0.4) is 0 Å². The van der Waals surface area contributed by atoms with E-state index in [0.717, 1.165) is 11.1 Å². The Balaban J connectivity index is 2.97. The lowest BCUT2D eigenvalue weighted by molar-refractivity contribution is -0.117. The quantitative estimate of drug-likeness (QED) is 0.683. The van der Waals surface area contributed by atoms with Gasteiger partial charge >= 0.3 is 0 Å². The molecule has 0 aromatic heterocycles. The van der Waals surface area contributed by atoms with Crippen molar-refractivity contribution < 1.29 is 9.90 Å². The van der Waals surface area contributed by atoms with E-state index < -0.39 is 6.10 Å². The summed E-state index contributed by atoms with van der Waals surface area (Å²) in [5.74, 6) is 0.325. The third kappa shape index (κ3) is 2.13. The highest BCUT2D eigenvalue weighted by molar-refractivity contribution is 5.96. The number of hydrogen-bond donors (Lipinski definition) is 1. The van der Waals surface area contributed by atoms with Crippen LogP contribution in [0, 0.1) is 11.8 Å². The van der Waals surface area contributed by atoms with Gasteiger partial charge in [-0.05, 0) is 32.3 Å². The van der Waals surface area contributed by atoms with Crippen LogP contribution in [-0.2, 0) is 4.79 Å². The number of ketones is 1. The molecule has 2 nitrogen and oxygen atoms in total. The highest BCUT2D eigenvalue weighted by Crippen LogP contribution is 2.33. The maximum absolute atomic E-state index is 11.5. The molecule has 0 aliphatic heterocycles. The van der Waals surface area contributed by atoms with E-state index in [-0.39, 0.29) is 17.6 Å². The number of Topliss-reactive ketones (excluding diaryl/α,β-unsaturated/α-hetero) is 1. The number of aliphatic hydroxyl groups is 1. The summed E-state index contributed by atoms with van der Waals surface area (Å²) >= 11 is 0. The van der Waals surface area contributed by atoms with Crippen LogP contribution in [-0.4, -0.2) is 17.0 Å². The lowest BCUT2D eigenvalue weighted by Gasteiger charge is -2.31. The minimum atomic E-state index is -0.417. The van der Waals surface area contributed by atoms with E-state index in [0.29, 0.717) is 6.42 Å². The van der Waals surface area contributed by atoms with E-state index in [1.165, 1.54) is 0 Å². The monoisotopic (exact) mass is 194 g/mol. The van der Waals surface area contributed by atoms with Crippen molar-refractivity contribution >= 4 is 5.78 Å². The maximum Gasteiger partial charge on any atom is 0.158 e. The number of carbonyl (C=O) groups is 1. The molecule has 3 atom stereocenters. The molecular weight excluding hydrogens is 176 g/mol. The highest BCUT2D eigenvalue weighted by atomic mass is 16.3. The predicted octanol–water partition coefficient (Wildman–Crippen LogP) is 2.09. The molecule has 1 aliphatic rings. The molecule has 0 aromatic rings. The zero-order valence-corrected chi connectivity index (χ0v) is 9.08. The standard InChI is InChI=1S/C12H18O2/c1-7(2)10-6-12(14)8(3)5-11(10)9(4)13/h5,9-11,13H,1,6H2,2-4H3. The number of hydrogen-bond acceptors (Lipinski definition) is 2. The van der Waals surface area contributed by atoms with Crippen molar-refractivity contribution in [3.63, 3.8) is 0 Å². The van der Waals surface area contributed by atoms with Gasteiger partial charge in [-0.3, -0.25) is 4.79 Å². The first-order valence-corrected chi connectivity index (χ1v) is 4.98.